The van der Waals surface area contributed by atoms with Gasteiger partial charge in [0.2, 0.25) is 11.8 Å². The zero-order chi connectivity index (χ0) is 26.0. The third-order valence-corrected chi connectivity index (χ3v) is 7.97. The van der Waals surface area contributed by atoms with E-state index in [-0.39, 0.29) is 17.9 Å². The minimum Gasteiger partial charge on any atom is -0.352 e. The molecule has 4 rings (SSSR count). The van der Waals surface area contributed by atoms with Crippen LogP contribution in [-0.4, -0.2) is 34.6 Å². The van der Waals surface area contributed by atoms with Crippen molar-refractivity contribution in [1.29, 1.82) is 0 Å². The fourth-order valence-corrected chi connectivity index (χ4v) is 5.93. The summed E-state index contributed by atoms with van der Waals surface area (Å²) in [6.07, 6.45) is 4.83. The molecule has 5 heteroatoms. The molecule has 0 bridgehead atoms. The van der Waals surface area contributed by atoms with Crippen LogP contribution in [0.15, 0.2) is 78.9 Å². The lowest BCUT2D eigenvalue weighted by Gasteiger charge is -2.32. The van der Waals surface area contributed by atoms with Crippen molar-refractivity contribution >= 4 is 23.6 Å². The highest BCUT2D eigenvalue weighted by Crippen LogP contribution is 2.22. The lowest BCUT2D eigenvalue weighted by molar-refractivity contribution is -0.139. The number of amides is 2. The predicted octanol–water partition coefficient (Wildman–Crippen LogP) is 6.24. The van der Waals surface area contributed by atoms with Crippen LogP contribution in [0.5, 0.6) is 0 Å². The molecule has 3 aromatic carbocycles. The number of nitrogens with one attached hydrogen (secondary N) is 1. The van der Waals surface area contributed by atoms with Crippen molar-refractivity contribution in [2.24, 2.45) is 0 Å². The van der Waals surface area contributed by atoms with Gasteiger partial charge in [0.05, 0.1) is 5.75 Å². The van der Waals surface area contributed by atoms with Gasteiger partial charge in [-0.3, -0.25) is 9.59 Å². The first-order valence-electron chi connectivity index (χ1n) is 13.3. The number of carbonyl (C=O) groups is 2. The van der Waals surface area contributed by atoms with E-state index in [1.165, 1.54) is 11.1 Å². The van der Waals surface area contributed by atoms with Crippen LogP contribution in [0.4, 0.5) is 0 Å². The molecule has 1 atom stereocenters. The molecule has 2 amide bonds. The smallest absolute Gasteiger partial charge is 0.243 e. The van der Waals surface area contributed by atoms with Crippen LogP contribution in [0.1, 0.15) is 53.5 Å². The van der Waals surface area contributed by atoms with Crippen LogP contribution in [0.2, 0.25) is 0 Å². The summed E-state index contributed by atoms with van der Waals surface area (Å²) in [5.41, 5.74) is 5.68. The number of carbonyl (C=O) groups excluding carboxylic acids is 2. The number of hydrogen-bond acceptors (Lipinski definition) is 3. The number of hydrogen-bond donors (Lipinski definition) is 1. The monoisotopic (exact) mass is 514 g/mol. The molecule has 1 aliphatic carbocycles. The van der Waals surface area contributed by atoms with E-state index in [0.717, 1.165) is 48.1 Å². The van der Waals surface area contributed by atoms with Crippen LogP contribution >= 0.6 is 11.8 Å². The van der Waals surface area contributed by atoms with E-state index >= 15 is 0 Å². The molecule has 0 radical (unpaired) electrons. The van der Waals surface area contributed by atoms with Crippen molar-refractivity contribution in [1.82, 2.24) is 10.2 Å². The summed E-state index contributed by atoms with van der Waals surface area (Å²) < 4.78 is 0. The summed E-state index contributed by atoms with van der Waals surface area (Å²) in [6.45, 7) is 4.56. The van der Waals surface area contributed by atoms with Gasteiger partial charge in [-0.1, -0.05) is 103 Å². The Kier molecular flexibility index (Phi) is 9.84. The Hall–Kier alpha value is -3.05. The van der Waals surface area contributed by atoms with Crippen LogP contribution in [-0.2, 0) is 28.3 Å². The highest BCUT2D eigenvalue weighted by molar-refractivity contribution is 7.99. The van der Waals surface area contributed by atoms with Crippen molar-refractivity contribution in [3.05, 3.63) is 107 Å². The molecule has 0 unspecified atom stereocenters. The summed E-state index contributed by atoms with van der Waals surface area (Å²) >= 11 is 1.61. The molecular weight excluding hydrogens is 476 g/mol. The molecule has 0 heterocycles. The molecular formula is C32H38N2O2S. The molecule has 4 nitrogen and oxygen atoms in total. The summed E-state index contributed by atoms with van der Waals surface area (Å²) in [5, 5.41) is 3.28. The molecule has 37 heavy (non-hydrogen) atoms. The summed E-state index contributed by atoms with van der Waals surface area (Å²) in [4.78, 5) is 29.3. The number of rotatable bonds is 11. The molecule has 194 valence electrons. The van der Waals surface area contributed by atoms with Crippen LogP contribution in [0.3, 0.4) is 0 Å². The second kappa shape index (κ2) is 13.5. The van der Waals surface area contributed by atoms with Gasteiger partial charge in [-0.15, -0.1) is 11.8 Å². The fraction of sp³-hybridized carbons (Fsp3) is 0.375. The largest absolute Gasteiger partial charge is 0.352 e. The number of thioether (sulfide) groups is 1. The van der Waals surface area contributed by atoms with E-state index in [2.05, 4.69) is 55.6 Å². The quantitative estimate of drug-likeness (QED) is 0.330. The molecule has 1 aliphatic rings. The third-order valence-electron chi connectivity index (χ3n) is 6.98. The Morgan fingerprint density at radius 2 is 1.49 bits per heavy atom. The fourth-order valence-electron chi connectivity index (χ4n) is 5.07. The maximum absolute atomic E-state index is 13.8. The lowest BCUT2D eigenvalue weighted by atomic mass is 10.0. The summed E-state index contributed by atoms with van der Waals surface area (Å²) in [6, 6.07) is 26.3. The van der Waals surface area contributed by atoms with Gasteiger partial charge < -0.3 is 10.2 Å². The second-order valence-corrected chi connectivity index (χ2v) is 11.2. The first-order chi connectivity index (χ1) is 18.0. The Labute approximate surface area is 225 Å². The first kappa shape index (κ1) is 27.0. The average Bonchev–Trinajstić information content (AvgIpc) is 3.40. The van der Waals surface area contributed by atoms with Gasteiger partial charge in [0.15, 0.2) is 0 Å². The Balaban J connectivity index is 1.56. The highest BCUT2D eigenvalue weighted by Gasteiger charge is 2.32. The van der Waals surface area contributed by atoms with Crippen LogP contribution < -0.4 is 5.32 Å². The predicted molar refractivity (Wildman–Crippen MR) is 153 cm³/mol. The van der Waals surface area contributed by atoms with E-state index in [4.69, 9.17) is 0 Å². The number of nitrogens with zero attached hydrogens (tertiary/aromatic N) is 1. The normalized spacial score (nSPS) is 14.3. The van der Waals surface area contributed by atoms with Crippen molar-refractivity contribution in [3.8, 4) is 0 Å². The van der Waals surface area contributed by atoms with E-state index in [1.807, 2.05) is 47.4 Å². The van der Waals surface area contributed by atoms with E-state index < -0.39 is 6.04 Å². The average molecular weight is 515 g/mol. The molecule has 0 saturated heterocycles. The Bertz CT molecular complexity index is 1170. The molecule has 0 aliphatic heterocycles. The van der Waals surface area contributed by atoms with Gasteiger partial charge in [0.25, 0.3) is 0 Å². The molecule has 1 N–H and O–H groups in total. The van der Waals surface area contributed by atoms with Crippen molar-refractivity contribution in [2.75, 3.05) is 5.75 Å². The SMILES string of the molecule is Cc1cccc(CSCC(=O)N(Cc2cccc(C)c2)[C@H](Cc2ccccc2)C(=O)NC2CCCC2)c1. The van der Waals surface area contributed by atoms with Crippen LogP contribution in [0.25, 0.3) is 0 Å². The maximum atomic E-state index is 13.8. The second-order valence-electron chi connectivity index (χ2n) is 10.2. The third kappa shape index (κ3) is 8.22. The van der Waals surface area contributed by atoms with Gasteiger partial charge in [0, 0.05) is 24.8 Å². The lowest BCUT2D eigenvalue weighted by Crippen LogP contribution is -2.52. The van der Waals surface area contributed by atoms with Crippen molar-refractivity contribution in [3.63, 3.8) is 0 Å². The summed E-state index contributed by atoms with van der Waals surface area (Å²) in [5.74, 6) is 1.06. The van der Waals surface area contributed by atoms with E-state index in [9.17, 15) is 9.59 Å². The molecule has 0 aromatic heterocycles. The van der Waals surface area contributed by atoms with Crippen molar-refractivity contribution in [2.45, 2.75) is 70.3 Å². The number of aryl methyl sites for hydroxylation is 2. The van der Waals surface area contributed by atoms with E-state index in [1.54, 1.807) is 11.8 Å². The molecule has 3 aromatic rings. The van der Waals surface area contributed by atoms with E-state index in [0.29, 0.717) is 18.7 Å². The molecule has 1 fully saturated rings. The zero-order valence-corrected chi connectivity index (χ0v) is 22.8. The zero-order valence-electron chi connectivity index (χ0n) is 22.0. The van der Waals surface area contributed by atoms with Gasteiger partial charge in [0.1, 0.15) is 6.04 Å². The van der Waals surface area contributed by atoms with Gasteiger partial charge in [-0.2, -0.15) is 0 Å². The Morgan fingerprint density at radius 3 is 2.16 bits per heavy atom. The van der Waals surface area contributed by atoms with Gasteiger partial charge in [-0.05, 0) is 43.4 Å². The Morgan fingerprint density at radius 1 is 0.865 bits per heavy atom. The minimum absolute atomic E-state index is 0.00154. The minimum atomic E-state index is -0.560. The first-order valence-corrected chi connectivity index (χ1v) is 14.5. The molecule has 0 spiro atoms. The topological polar surface area (TPSA) is 49.4 Å². The highest BCUT2D eigenvalue weighted by atomic mass is 32.2. The van der Waals surface area contributed by atoms with Crippen molar-refractivity contribution < 1.29 is 9.59 Å². The standard InChI is InChI=1S/C32H38N2O2S/c1-24-10-8-14-27(18-24)21-34(31(35)23-37-22-28-15-9-11-25(2)19-28)30(20-26-12-4-3-5-13-26)32(36)33-29-16-6-7-17-29/h3-5,8-15,18-19,29-30H,6-7,16-17,20-23H2,1-2H3,(H,33,36)/t30-/m1/s1. The maximum Gasteiger partial charge on any atom is 0.243 e. The van der Waals surface area contributed by atoms with Gasteiger partial charge in [-0.25, -0.2) is 0 Å². The summed E-state index contributed by atoms with van der Waals surface area (Å²) in [7, 11) is 0. The van der Waals surface area contributed by atoms with Gasteiger partial charge >= 0.3 is 0 Å². The molecule has 1 saturated carbocycles. The van der Waals surface area contributed by atoms with Crippen LogP contribution in [0, 0.1) is 13.8 Å². The number of benzene rings is 3.